The molecule has 108 valence electrons. The van der Waals surface area contributed by atoms with E-state index in [1.165, 1.54) is 18.2 Å². The number of aromatic hydroxyl groups is 2. The molecule has 0 unspecified atom stereocenters. The van der Waals surface area contributed by atoms with E-state index in [9.17, 15) is 15.0 Å². The van der Waals surface area contributed by atoms with Crippen LogP contribution >= 0.6 is 15.9 Å². The number of rotatable bonds is 4. The lowest BCUT2D eigenvalue weighted by atomic mass is 10.2. The zero-order valence-corrected chi connectivity index (χ0v) is 12.7. The minimum atomic E-state index is -0.268. The van der Waals surface area contributed by atoms with Crippen LogP contribution in [0.1, 0.15) is 11.1 Å². The van der Waals surface area contributed by atoms with Crippen molar-refractivity contribution in [3.63, 3.8) is 0 Å². The van der Waals surface area contributed by atoms with Crippen molar-refractivity contribution >= 4 is 33.6 Å². The minimum absolute atomic E-state index is 0.192. The van der Waals surface area contributed by atoms with Crippen molar-refractivity contribution in [1.29, 1.82) is 0 Å². The molecule has 3 N–H and O–H groups in total. The van der Waals surface area contributed by atoms with E-state index in [0.717, 1.165) is 11.3 Å². The summed E-state index contributed by atoms with van der Waals surface area (Å²) < 4.78 is 0. The van der Waals surface area contributed by atoms with Crippen LogP contribution in [0.5, 0.6) is 11.5 Å². The zero-order chi connectivity index (χ0) is 15.2. The summed E-state index contributed by atoms with van der Waals surface area (Å²) in [5.41, 5.74) is 2.35. The number of carbonyl (C=O) groups excluding carboxylic acids is 1. The van der Waals surface area contributed by atoms with Crippen LogP contribution in [-0.2, 0) is 10.1 Å². The highest BCUT2D eigenvalue weighted by Gasteiger charge is 2.03. The third-order valence-corrected chi connectivity index (χ3v) is 3.45. The molecule has 2 aromatic carbocycles. The van der Waals surface area contributed by atoms with Crippen LogP contribution in [0.2, 0.25) is 0 Å². The van der Waals surface area contributed by atoms with Gasteiger partial charge in [0.2, 0.25) is 5.91 Å². The van der Waals surface area contributed by atoms with Crippen LogP contribution in [0.3, 0.4) is 0 Å². The lowest BCUT2D eigenvalue weighted by molar-refractivity contribution is -0.111. The minimum Gasteiger partial charge on any atom is -0.504 e. The summed E-state index contributed by atoms with van der Waals surface area (Å²) in [5.74, 6) is -0.680. The van der Waals surface area contributed by atoms with Gasteiger partial charge in [-0.1, -0.05) is 40.2 Å². The smallest absolute Gasteiger partial charge is 0.248 e. The topological polar surface area (TPSA) is 69.6 Å². The Bertz CT molecular complexity index is 683. The van der Waals surface area contributed by atoms with Crippen molar-refractivity contribution in [3.8, 4) is 11.5 Å². The van der Waals surface area contributed by atoms with E-state index in [0.29, 0.717) is 10.9 Å². The molecule has 0 saturated carbocycles. The summed E-state index contributed by atoms with van der Waals surface area (Å²) >= 11 is 3.37. The highest BCUT2D eigenvalue weighted by molar-refractivity contribution is 9.08. The highest BCUT2D eigenvalue weighted by atomic mass is 79.9. The Labute approximate surface area is 130 Å². The number of alkyl halides is 1. The Hall–Kier alpha value is -2.27. The van der Waals surface area contributed by atoms with Gasteiger partial charge in [0.15, 0.2) is 11.5 Å². The summed E-state index contributed by atoms with van der Waals surface area (Å²) in [4.78, 5) is 11.9. The van der Waals surface area contributed by atoms with Gasteiger partial charge < -0.3 is 15.5 Å². The normalized spacial score (nSPS) is 10.7. The molecule has 4 nitrogen and oxygen atoms in total. The predicted octanol–water partition coefficient (Wildman–Crippen LogP) is 3.64. The fourth-order valence-electron chi connectivity index (χ4n) is 1.75. The second-order valence-corrected chi connectivity index (χ2v) is 4.92. The molecule has 0 aromatic heterocycles. The maximum absolute atomic E-state index is 11.9. The number of amides is 1. The molecule has 2 rings (SSSR count). The molecule has 0 aliphatic rings. The van der Waals surface area contributed by atoms with Crippen molar-refractivity contribution in [2.24, 2.45) is 0 Å². The molecular weight excluding hydrogens is 334 g/mol. The fraction of sp³-hybridized carbons (Fsp3) is 0.0625. The monoisotopic (exact) mass is 347 g/mol. The number of halogens is 1. The standard InChI is InChI=1S/C16H14BrNO3/c17-10-12-3-1-2-4-13(12)18-16(21)8-6-11-5-7-14(19)15(20)9-11/h1-9,19-20H,10H2,(H,18,21). The molecule has 21 heavy (non-hydrogen) atoms. The third-order valence-electron chi connectivity index (χ3n) is 2.85. The average Bonchev–Trinajstić information content (AvgIpc) is 2.49. The molecule has 0 heterocycles. The summed E-state index contributed by atoms with van der Waals surface area (Å²) in [6.45, 7) is 0. The van der Waals surface area contributed by atoms with Gasteiger partial charge >= 0.3 is 0 Å². The van der Waals surface area contributed by atoms with E-state index >= 15 is 0 Å². The number of hydrogen-bond acceptors (Lipinski definition) is 3. The Morgan fingerprint density at radius 3 is 2.62 bits per heavy atom. The molecule has 0 radical (unpaired) electrons. The molecule has 0 atom stereocenters. The van der Waals surface area contributed by atoms with Gasteiger partial charge in [-0.2, -0.15) is 0 Å². The first-order valence-corrected chi connectivity index (χ1v) is 7.37. The van der Waals surface area contributed by atoms with E-state index in [1.54, 1.807) is 12.1 Å². The van der Waals surface area contributed by atoms with Crippen LogP contribution < -0.4 is 5.32 Å². The average molecular weight is 348 g/mol. The van der Waals surface area contributed by atoms with Gasteiger partial charge in [-0.3, -0.25) is 4.79 Å². The molecule has 0 aliphatic carbocycles. The summed E-state index contributed by atoms with van der Waals surface area (Å²) in [5, 5.41) is 22.0. The predicted molar refractivity (Wildman–Crippen MR) is 86.5 cm³/mol. The van der Waals surface area contributed by atoms with E-state index in [2.05, 4.69) is 21.2 Å². The maximum Gasteiger partial charge on any atom is 0.248 e. The van der Waals surface area contributed by atoms with Crippen molar-refractivity contribution < 1.29 is 15.0 Å². The Morgan fingerprint density at radius 2 is 1.90 bits per heavy atom. The van der Waals surface area contributed by atoms with Crippen LogP contribution in [0, 0.1) is 0 Å². The molecule has 0 bridgehead atoms. The lowest BCUT2D eigenvalue weighted by Gasteiger charge is -2.07. The molecule has 2 aromatic rings. The third kappa shape index (κ3) is 4.10. The Morgan fingerprint density at radius 1 is 1.14 bits per heavy atom. The number of para-hydroxylation sites is 1. The first-order chi connectivity index (χ1) is 10.1. The first-order valence-electron chi connectivity index (χ1n) is 6.25. The second kappa shape index (κ2) is 6.95. The van der Waals surface area contributed by atoms with Gasteiger partial charge in [0.25, 0.3) is 0 Å². The van der Waals surface area contributed by atoms with Crippen molar-refractivity contribution in [1.82, 2.24) is 0 Å². The summed E-state index contributed by atoms with van der Waals surface area (Å²) in [7, 11) is 0. The zero-order valence-electron chi connectivity index (χ0n) is 11.1. The number of nitrogens with one attached hydrogen (secondary N) is 1. The number of carbonyl (C=O) groups is 1. The first kappa shape index (κ1) is 15.1. The van der Waals surface area contributed by atoms with Crippen LogP contribution in [0.25, 0.3) is 6.08 Å². The van der Waals surface area contributed by atoms with Gasteiger partial charge in [0.05, 0.1) is 0 Å². The number of phenols is 2. The van der Waals surface area contributed by atoms with Gasteiger partial charge in [0.1, 0.15) is 0 Å². The molecule has 1 amide bonds. The van der Waals surface area contributed by atoms with Gasteiger partial charge in [-0.15, -0.1) is 0 Å². The molecular formula is C16H14BrNO3. The van der Waals surface area contributed by atoms with Crippen molar-refractivity contribution in [2.45, 2.75) is 5.33 Å². The largest absolute Gasteiger partial charge is 0.504 e. The molecule has 5 heteroatoms. The lowest BCUT2D eigenvalue weighted by Crippen LogP contribution is -2.09. The SMILES string of the molecule is O=C(C=Cc1ccc(O)c(O)c1)Nc1ccccc1CBr. The summed E-state index contributed by atoms with van der Waals surface area (Å²) in [6.07, 6.45) is 2.93. The van der Waals surface area contributed by atoms with Crippen LogP contribution in [-0.4, -0.2) is 16.1 Å². The fourth-order valence-corrected chi connectivity index (χ4v) is 2.24. The second-order valence-electron chi connectivity index (χ2n) is 4.36. The summed E-state index contributed by atoms with van der Waals surface area (Å²) in [6, 6.07) is 11.9. The molecule has 0 saturated heterocycles. The Kier molecular flexibility index (Phi) is 5.00. The van der Waals surface area contributed by atoms with E-state index in [-0.39, 0.29) is 17.4 Å². The number of anilines is 1. The number of benzene rings is 2. The van der Waals surface area contributed by atoms with Crippen molar-refractivity contribution in [2.75, 3.05) is 5.32 Å². The molecule has 0 fully saturated rings. The van der Waals surface area contributed by atoms with Crippen molar-refractivity contribution in [3.05, 3.63) is 59.7 Å². The Balaban J connectivity index is 2.07. The van der Waals surface area contributed by atoms with Crippen LogP contribution in [0.15, 0.2) is 48.5 Å². The quantitative estimate of drug-likeness (QED) is 0.449. The maximum atomic E-state index is 11.9. The van der Waals surface area contributed by atoms with Gasteiger partial charge in [-0.25, -0.2) is 0 Å². The van der Waals surface area contributed by atoms with Crippen LogP contribution in [0.4, 0.5) is 5.69 Å². The number of phenolic OH excluding ortho intramolecular Hbond substituents is 2. The highest BCUT2D eigenvalue weighted by Crippen LogP contribution is 2.25. The van der Waals surface area contributed by atoms with E-state index in [1.807, 2.05) is 24.3 Å². The van der Waals surface area contributed by atoms with E-state index in [4.69, 9.17) is 0 Å². The van der Waals surface area contributed by atoms with E-state index < -0.39 is 0 Å². The van der Waals surface area contributed by atoms with Gasteiger partial charge in [0, 0.05) is 17.1 Å². The molecule has 0 aliphatic heterocycles. The van der Waals surface area contributed by atoms with Gasteiger partial charge in [-0.05, 0) is 35.4 Å². The number of hydrogen-bond donors (Lipinski definition) is 3. The molecule has 0 spiro atoms.